The summed E-state index contributed by atoms with van der Waals surface area (Å²) < 4.78 is 3.09. The molecule has 2 atom stereocenters. The van der Waals surface area contributed by atoms with E-state index in [4.69, 9.17) is 0 Å². The Hall–Kier alpha value is -4.21. The number of rotatable bonds is 6. The van der Waals surface area contributed by atoms with E-state index >= 15 is 0 Å². The predicted molar refractivity (Wildman–Crippen MR) is 130 cm³/mol. The molecule has 5 rings (SSSR count). The zero-order chi connectivity index (χ0) is 23.8. The minimum atomic E-state index is -0.244. The van der Waals surface area contributed by atoms with E-state index in [9.17, 15) is 9.59 Å². The monoisotopic (exact) mass is 458 g/mol. The fraction of sp³-hybridized carbons (Fsp3) is 0.292. The lowest BCUT2D eigenvalue weighted by atomic mass is 9.81. The molecule has 0 unspecified atom stereocenters. The number of aromatic nitrogens is 5. The molecule has 1 amide bonds. The van der Waals surface area contributed by atoms with Crippen LogP contribution in [0.5, 0.6) is 0 Å². The Balaban J connectivity index is 1.49. The summed E-state index contributed by atoms with van der Waals surface area (Å²) in [6.45, 7) is 4.02. The maximum atomic E-state index is 13.1. The Morgan fingerprint density at radius 1 is 1.18 bits per heavy atom. The zero-order valence-corrected chi connectivity index (χ0v) is 19.2. The standard InChI is InChI=1S/C24H26N8O2/c1-14-6-9-18(14)29-23(33)17-13-27-32-21(25-3)11-20(30-22(17)32)28-19-5-4-10-31(24(19)34)16-8-7-15(2)26-12-16/h4-5,7-8,10-14,18,25H,6,9H2,1-3H3,(H,28,30)(H,29,33)/t14-,18+/m1/s1. The first-order valence-electron chi connectivity index (χ1n) is 11.2. The number of aryl methyl sites for hydroxylation is 1. The van der Waals surface area contributed by atoms with Gasteiger partial charge in [-0.25, -0.2) is 4.98 Å². The van der Waals surface area contributed by atoms with Gasteiger partial charge in [-0.15, -0.1) is 0 Å². The summed E-state index contributed by atoms with van der Waals surface area (Å²) in [7, 11) is 1.76. The lowest BCUT2D eigenvalue weighted by Crippen LogP contribution is -2.45. The normalized spacial score (nSPS) is 17.3. The molecule has 4 aromatic heterocycles. The Morgan fingerprint density at radius 3 is 2.71 bits per heavy atom. The number of amides is 1. The number of hydrogen-bond donors (Lipinski definition) is 3. The molecule has 1 saturated carbocycles. The van der Waals surface area contributed by atoms with E-state index in [0.717, 1.165) is 18.5 Å². The van der Waals surface area contributed by atoms with E-state index in [0.29, 0.717) is 40.1 Å². The summed E-state index contributed by atoms with van der Waals surface area (Å²) in [5, 5.41) is 13.6. The predicted octanol–water partition coefficient (Wildman–Crippen LogP) is 2.90. The molecule has 1 aliphatic rings. The molecule has 4 aromatic rings. The van der Waals surface area contributed by atoms with Gasteiger partial charge < -0.3 is 16.0 Å². The van der Waals surface area contributed by atoms with Crippen LogP contribution >= 0.6 is 0 Å². The van der Waals surface area contributed by atoms with Crippen molar-refractivity contribution in [3.05, 3.63) is 70.5 Å². The molecule has 0 saturated heterocycles. The van der Waals surface area contributed by atoms with Gasteiger partial charge in [-0.05, 0) is 49.9 Å². The summed E-state index contributed by atoms with van der Waals surface area (Å²) in [5.74, 6) is 1.31. The van der Waals surface area contributed by atoms with E-state index in [1.54, 1.807) is 42.2 Å². The molecule has 10 heteroatoms. The summed E-state index contributed by atoms with van der Waals surface area (Å²) in [6.07, 6.45) is 6.96. The third-order valence-corrected chi connectivity index (χ3v) is 6.29. The van der Waals surface area contributed by atoms with Gasteiger partial charge >= 0.3 is 0 Å². The number of pyridine rings is 2. The van der Waals surface area contributed by atoms with Crippen LogP contribution in [0.3, 0.4) is 0 Å². The van der Waals surface area contributed by atoms with Crippen molar-refractivity contribution in [3.63, 3.8) is 0 Å². The van der Waals surface area contributed by atoms with E-state index < -0.39 is 0 Å². The van der Waals surface area contributed by atoms with E-state index in [1.165, 1.54) is 10.8 Å². The van der Waals surface area contributed by atoms with Crippen LogP contribution in [0.1, 0.15) is 35.8 Å². The maximum absolute atomic E-state index is 13.1. The van der Waals surface area contributed by atoms with Gasteiger partial charge in [0.2, 0.25) is 0 Å². The number of nitrogens with zero attached hydrogens (tertiary/aromatic N) is 5. The number of anilines is 3. The van der Waals surface area contributed by atoms with Gasteiger partial charge in [0.25, 0.3) is 11.5 Å². The molecule has 0 radical (unpaired) electrons. The van der Waals surface area contributed by atoms with Crippen LogP contribution in [0, 0.1) is 12.8 Å². The molecule has 174 valence electrons. The highest BCUT2D eigenvalue weighted by Gasteiger charge is 2.29. The van der Waals surface area contributed by atoms with Crippen LogP contribution in [0.15, 0.2) is 53.7 Å². The number of carbonyl (C=O) groups excluding carboxylic acids is 1. The van der Waals surface area contributed by atoms with Gasteiger partial charge in [-0.3, -0.25) is 19.1 Å². The number of fused-ring (bicyclic) bond motifs is 1. The fourth-order valence-electron chi connectivity index (χ4n) is 4.03. The topological polar surface area (TPSA) is 118 Å². The second kappa shape index (κ2) is 8.62. The van der Waals surface area contributed by atoms with Gasteiger partial charge in [-0.1, -0.05) is 6.92 Å². The minimum Gasteiger partial charge on any atom is -0.373 e. The zero-order valence-electron chi connectivity index (χ0n) is 19.2. The van der Waals surface area contributed by atoms with Crippen LogP contribution in [0.2, 0.25) is 0 Å². The summed E-state index contributed by atoms with van der Waals surface area (Å²) in [6, 6.07) is 9.07. The first-order chi connectivity index (χ1) is 16.4. The lowest BCUT2D eigenvalue weighted by molar-refractivity contribution is 0.0886. The molecule has 10 nitrogen and oxygen atoms in total. The van der Waals surface area contributed by atoms with Gasteiger partial charge in [0, 0.05) is 31.0 Å². The van der Waals surface area contributed by atoms with Crippen LogP contribution in [0.4, 0.5) is 17.3 Å². The second-order valence-electron chi connectivity index (χ2n) is 8.58. The van der Waals surface area contributed by atoms with Crippen molar-refractivity contribution in [1.82, 2.24) is 29.5 Å². The molecule has 0 bridgehead atoms. The number of carbonyl (C=O) groups is 1. The number of nitrogens with one attached hydrogen (secondary N) is 3. The molecule has 4 heterocycles. The molecule has 0 spiro atoms. The molecule has 3 N–H and O–H groups in total. The molecular weight excluding hydrogens is 432 g/mol. The second-order valence-corrected chi connectivity index (χ2v) is 8.58. The highest BCUT2D eigenvalue weighted by Crippen LogP contribution is 2.27. The van der Waals surface area contributed by atoms with Gasteiger partial charge in [-0.2, -0.15) is 9.61 Å². The average Bonchev–Trinajstić information content (AvgIpc) is 3.27. The summed E-state index contributed by atoms with van der Waals surface area (Å²) >= 11 is 0. The van der Waals surface area contributed by atoms with Crippen molar-refractivity contribution in [3.8, 4) is 5.69 Å². The quantitative estimate of drug-likeness (QED) is 0.407. The first kappa shape index (κ1) is 21.6. The maximum Gasteiger partial charge on any atom is 0.278 e. The molecule has 1 aliphatic carbocycles. The highest BCUT2D eigenvalue weighted by atomic mass is 16.2. The molecule has 0 aromatic carbocycles. The third kappa shape index (κ3) is 3.87. The van der Waals surface area contributed by atoms with Crippen molar-refractivity contribution in [2.24, 2.45) is 5.92 Å². The first-order valence-corrected chi connectivity index (χ1v) is 11.2. The van der Waals surface area contributed by atoms with E-state index in [1.807, 2.05) is 19.1 Å². The van der Waals surface area contributed by atoms with Crippen LogP contribution in [0.25, 0.3) is 11.3 Å². The Kier molecular flexibility index (Phi) is 5.48. The summed E-state index contributed by atoms with van der Waals surface area (Å²) in [4.78, 5) is 34.9. The van der Waals surface area contributed by atoms with Gasteiger partial charge in [0.15, 0.2) is 5.65 Å². The van der Waals surface area contributed by atoms with Crippen LogP contribution < -0.4 is 21.5 Å². The molecule has 0 aliphatic heterocycles. The van der Waals surface area contributed by atoms with Crippen molar-refractivity contribution in [1.29, 1.82) is 0 Å². The smallest absolute Gasteiger partial charge is 0.278 e. The van der Waals surface area contributed by atoms with Gasteiger partial charge in [0.1, 0.15) is 22.9 Å². The largest absolute Gasteiger partial charge is 0.373 e. The minimum absolute atomic E-state index is 0.173. The molecule has 34 heavy (non-hydrogen) atoms. The SMILES string of the molecule is CNc1cc(Nc2cccn(-c3ccc(C)nc3)c2=O)nc2c(C(=O)N[C@H]3CC[C@H]3C)cnn12. The summed E-state index contributed by atoms with van der Waals surface area (Å²) in [5.41, 5.74) is 2.42. The highest BCUT2D eigenvalue weighted by molar-refractivity contribution is 6.00. The van der Waals surface area contributed by atoms with Crippen molar-refractivity contribution in [2.75, 3.05) is 17.7 Å². The van der Waals surface area contributed by atoms with Gasteiger partial charge in [0.05, 0.1) is 18.1 Å². The lowest BCUT2D eigenvalue weighted by Gasteiger charge is -2.34. The van der Waals surface area contributed by atoms with Crippen molar-refractivity contribution < 1.29 is 4.79 Å². The molecule has 1 fully saturated rings. The fourth-order valence-corrected chi connectivity index (χ4v) is 4.03. The van der Waals surface area contributed by atoms with Crippen molar-refractivity contribution >= 4 is 28.9 Å². The number of hydrogen-bond acceptors (Lipinski definition) is 7. The average molecular weight is 459 g/mol. The van der Waals surface area contributed by atoms with Crippen LogP contribution in [-0.4, -0.2) is 43.1 Å². The van der Waals surface area contributed by atoms with Crippen LogP contribution in [-0.2, 0) is 0 Å². The third-order valence-electron chi connectivity index (χ3n) is 6.29. The van der Waals surface area contributed by atoms with Crippen molar-refractivity contribution in [2.45, 2.75) is 32.7 Å². The Morgan fingerprint density at radius 2 is 2.03 bits per heavy atom. The Labute approximate surface area is 196 Å². The van der Waals surface area contributed by atoms with E-state index in [2.05, 4.69) is 37.9 Å². The van der Waals surface area contributed by atoms with E-state index in [-0.39, 0.29) is 17.5 Å². The Bertz CT molecular complexity index is 1420. The molecular formula is C24H26N8O2.